The Balaban J connectivity index is 2.67. The van der Waals surface area contributed by atoms with Crippen LogP contribution in [-0.2, 0) is 23.9 Å². The van der Waals surface area contributed by atoms with Gasteiger partial charge in [-0.1, -0.05) is 6.08 Å². The number of amides is 3. The summed E-state index contributed by atoms with van der Waals surface area (Å²) in [7, 11) is 0. The Hall–Kier alpha value is -2.42. The zero-order valence-corrected chi connectivity index (χ0v) is 13.7. The van der Waals surface area contributed by atoms with Gasteiger partial charge in [0.25, 0.3) is 0 Å². The van der Waals surface area contributed by atoms with E-state index in [-0.39, 0.29) is 31.9 Å². The molecule has 1 fully saturated rings. The van der Waals surface area contributed by atoms with E-state index in [1.807, 2.05) is 0 Å². The monoisotopic (exact) mass is 341 g/mol. The summed E-state index contributed by atoms with van der Waals surface area (Å²) in [5, 5.41) is 12.1. The van der Waals surface area contributed by atoms with E-state index in [4.69, 9.17) is 10.5 Å². The molecule has 9 heteroatoms. The second-order valence-electron chi connectivity index (χ2n) is 5.43. The van der Waals surface area contributed by atoms with Crippen LogP contribution in [0, 0.1) is 0 Å². The average Bonchev–Trinajstić information content (AvgIpc) is 2.88. The Morgan fingerprint density at radius 1 is 1.42 bits per heavy atom. The lowest BCUT2D eigenvalue weighted by atomic mass is 10.1. The van der Waals surface area contributed by atoms with Gasteiger partial charge in [-0.25, -0.2) is 4.79 Å². The van der Waals surface area contributed by atoms with Crippen molar-refractivity contribution >= 4 is 23.7 Å². The van der Waals surface area contributed by atoms with Crippen molar-refractivity contribution in [2.75, 3.05) is 13.2 Å². The molecule has 0 aromatic rings. The van der Waals surface area contributed by atoms with Crippen molar-refractivity contribution in [3.63, 3.8) is 0 Å². The van der Waals surface area contributed by atoms with Crippen LogP contribution in [-0.4, -0.2) is 65.0 Å². The number of aliphatic hydroxyl groups is 1. The first kappa shape index (κ1) is 19.6. The number of ether oxygens (including phenoxy) is 1. The lowest BCUT2D eigenvalue weighted by Gasteiger charge is -2.24. The van der Waals surface area contributed by atoms with Crippen molar-refractivity contribution in [1.29, 1.82) is 0 Å². The van der Waals surface area contributed by atoms with Crippen LogP contribution in [0.2, 0.25) is 0 Å². The molecule has 3 atom stereocenters. The number of β-amino-alcohol motifs (C(OH)–C–C–N with tert-alkyl or cyclic N) is 1. The van der Waals surface area contributed by atoms with E-state index in [0.717, 1.165) is 6.08 Å². The fraction of sp³-hybridized carbons (Fsp3) is 0.600. The number of nitrogens with zero attached hydrogens (tertiary/aromatic N) is 1. The molecular formula is C15H23N3O6. The summed E-state index contributed by atoms with van der Waals surface area (Å²) in [6.45, 7) is 3.25. The SMILES string of the molecule is CCOC(=O)/C=C/C[C@H](NC(=O)[C@@H]1C[C@@H](O)CN1C(C)=O)C(N)=O. The molecule has 0 unspecified atom stereocenters. The van der Waals surface area contributed by atoms with Crippen molar-refractivity contribution in [2.45, 2.75) is 44.9 Å². The van der Waals surface area contributed by atoms with Crippen molar-refractivity contribution in [2.24, 2.45) is 5.73 Å². The molecule has 1 aliphatic heterocycles. The van der Waals surface area contributed by atoms with Crippen LogP contribution in [0.15, 0.2) is 12.2 Å². The first-order valence-corrected chi connectivity index (χ1v) is 7.64. The fourth-order valence-electron chi connectivity index (χ4n) is 2.42. The quantitative estimate of drug-likeness (QED) is 0.378. The van der Waals surface area contributed by atoms with Crippen LogP contribution in [0.5, 0.6) is 0 Å². The zero-order chi connectivity index (χ0) is 18.3. The smallest absolute Gasteiger partial charge is 0.330 e. The van der Waals surface area contributed by atoms with Gasteiger partial charge in [0.15, 0.2) is 0 Å². The Bertz CT molecular complexity index is 533. The zero-order valence-electron chi connectivity index (χ0n) is 13.7. The van der Waals surface area contributed by atoms with Gasteiger partial charge in [0.1, 0.15) is 12.1 Å². The van der Waals surface area contributed by atoms with Gasteiger partial charge in [-0.2, -0.15) is 0 Å². The maximum absolute atomic E-state index is 12.3. The highest BCUT2D eigenvalue weighted by Gasteiger charge is 2.38. The number of likely N-dealkylation sites (tertiary alicyclic amines) is 1. The van der Waals surface area contributed by atoms with Gasteiger partial charge in [-0.3, -0.25) is 14.4 Å². The number of aliphatic hydroxyl groups excluding tert-OH is 1. The standard InChI is InChI=1S/C15H23N3O6/c1-3-24-13(21)6-4-5-11(14(16)22)17-15(23)12-7-10(20)8-18(12)9(2)19/h4,6,10-12,20H,3,5,7-8H2,1-2H3,(H2,16,22)(H,17,23)/b6-4+/t10-,11+,12+/m1/s1. The number of hydrogen-bond donors (Lipinski definition) is 3. The van der Waals surface area contributed by atoms with Crippen LogP contribution in [0.1, 0.15) is 26.7 Å². The fourth-order valence-corrected chi connectivity index (χ4v) is 2.42. The van der Waals surface area contributed by atoms with Gasteiger partial charge in [0.2, 0.25) is 17.7 Å². The lowest BCUT2D eigenvalue weighted by molar-refractivity contribution is -0.138. The minimum Gasteiger partial charge on any atom is -0.463 e. The number of hydrogen-bond acceptors (Lipinski definition) is 6. The van der Waals surface area contributed by atoms with E-state index in [1.165, 1.54) is 17.9 Å². The number of primary amides is 1. The van der Waals surface area contributed by atoms with E-state index < -0.39 is 36.0 Å². The molecule has 0 aliphatic carbocycles. The van der Waals surface area contributed by atoms with Gasteiger partial charge >= 0.3 is 5.97 Å². The number of carbonyl (C=O) groups is 4. The summed E-state index contributed by atoms with van der Waals surface area (Å²) in [4.78, 5) is 47.7. The molecule has 1 aliphatic rings. The number of esters is 1. The third-order valence-electron chi connectivity index (χ3n) is 3.56. The number of nitrogens with two attached hydrogens (primary N) is 1. The highest BCUT2D eigenvalue weighted by molar-refractivity contribution is 5.92. The predicted octanol–water partition coefficient (Wildman–Crippen LogP) is -1.55. The number of carbonyl (C=O) groups excluding carboxylic acids is 4. The maximum atomic E-state index is 12.3. The largest absolute Gasteiger partial charge is 0.463 e. The highest BCUT2D eigenvalue weighted by Crippen LogP contribution is 2.18. The maximum Gasteiger partial charge on any atom is 0.330 e. The molecule has 24 heavy (non-hydrogen) atoms. The Labute approximate surface area is 139 Å². The van der Waals surface area contributed by atoms with Gasteiger partial charge in [-0.05, 0) is 13.3 Å². The molecule has 4 N–H and O–H groups in total. The second kappa shape index (κ2) is 9.02. The second-order valence-corrected chi connectivity index (χ2v) is 5.43. The average molecular weight is 341 g/mol. The minimum atomic E-state index is -1.03. The van der Waals surface area contributed by atoms with Gasteiger partial charge in [0, 0.05) is 26.0 Å². The molecule has 0 aromatic heterocycles. The lowest BCUT2D eigenvalue weighted by Crippen LogP contribution is -2.51. The topological polar surface area (TPSA) is 139 Å². The van der Waals surface area contributed by atoms with Crippen LogP contribution < -0.4 is 11.1 Å². The van der Waals surface area contributed by atoms with E-state index in [0.29, 0.717) is 0 Å². The Morgan fingerprint density at radius 3 is 2.62 bits per heavy atom. The summed E-state index contributed by atoms with van der Waals surface area (Å²) >= 11 is 0. The summed E-state index contributed by atoms with van der Waals surface area (Å²) in [6.07, 6.45) is 1.83. The number of rotatable bonds is 7. The normalized spacial score (nSPS) is 21.5. The van der Waals surface area contributed by atoms with Crippen LogP contribution in [0.25, 0.3) is 0 Å². The van der Waals surface area contributed by atoms with Gasteiger partial charge in [-0.15, -0.1) is 0 Å². The predicted molar refractivity (Wildman–Crippen MR) is 83.3 cm³/mol. The molecule has 0 saturated carbocycles. The molecule has 0 radical (unpaired) electrons. The van der Waals surface area contributed by atoms with E-state index >= 15 is 0 Å². The van der Waals surface area contributed by atoms with Crippen molar-refractivity contribution in [3.05, 3.63) is 12.2 Å². The van der Waals surface area contributed by atoms with Crippen LogP contribution >= 0.6 is 0 Å². The minimum absolute atomic E-state index is 0.00916. The molecule has 1 rings (SSSR count). The van der Waals surface area contributed by atoms with Crippen LogP contribution in [0.4, 0.5) is 0 Å². The van der Waals surface area contributed by atoms with Crippen molar-refractivity contribution in [1.82, 2.24) is 10.2 Å². The molecular weight excluding hydrogens is 318 g/mol. The van der Waals surface area contributed by atoms with E-state index in [9.17, 15) is 24.3 Å². The summed E-state index contributed by atoms with van der Waals surface area (Å²) < 4.78 is 4.70. The molecule has 134 valence electrons. The molecule has 0 aromatic carbocycles. The molecule has 3 amide bonds. The number of nitrogens with one attached hydrogen (secondary N) is 1. The van der Waals surface area contributed by atoms with Gasteiger partial charge < -0.3 is 25.8 Å². The Kier molecular flexibility index (Phi) is 7.37. The van der Waals surface area contributed by atoms with Crippen molar-refractivity contribution in [3.8, 4) is 0 Å². The molecule has 1 saturated heterocycles. The van der Waals surface area contributed by atoms with Gasteiger partial charge in [0.05, 0.1) is 12.7 Å². The highest BCUT2D eigenvalue weighted by atomic mass is 16.5. The van der Waals surface area contributed by atoms with Crippen LogP contribution in [0.3, 0.4) is 0 Å². The third kappa shape index (κ3) is 5.65. The molecule has 9 nitrogen and oxygen atoms in total. The first-order valence-electron chi connectivity index (χ1n) is 7.64. The molecule has 1 heterocycles. The molecule has 0 bridgehead atoms. The van der Waals surface area contributed by atoms with E-state index in [2.05, 4.69) is 5.32 Å². The summed E-state index contributed by atoms with van der Waals surface area (Å²) in [5.41, 5.74) is 5.25. The molecule has 0 spiro atoms. The van der Waals surface area contributed by atoms with E-state index in [1.54, 1.807) is 6.92 Å². The van der Waals surface area contributed by atoms with Crippen molar-refractivity contribution < 1.29 is 29.0 Å². The summed E-state index contributed by atoms with van der Waals surface area (Å²) in [5.74, 6) is -2.25. The third-order valence-corrected chi connectivity index (χ3v) is 3.56. The first-order chi connectivity index (χ1) is 11.3. The Morgan fingerprint density at radius 2 is 2.08 bits per heavy atom. The summed E-state index contributed by atoms with van der Waals surface area (Å²) in [6, 6.07) is -1.89.